The van der Waals surface area contributed by atoms with Gasteiger partial charge in [-0.2, -0.15) is 0 Å². The summed E-state index contributed by atoms with van der Waals surface area (Å²) in [6.07, 6.45) is 0. The normalized spacial score (nSPS) is 10.0. The van der Waals surface area contributed by atoms with E-state index in [0.29, 0.717) is 5.56 Å². The largest absolute Gasteiger partial charge is 0.452 e. The molecule has 0 spiro atoms. The van der Waals surface area contributed by atoms with E-state index in [0.717, 1.165) is 4.47 Å². The lowest BCUT2D eigenvalue weighted by atomic mass is 10.2. The van der Waals surface area contributed by atoms with Crippen molar-refractivity contribution in [3.05, 3.63) is 64.4 Å². The van der Waals surface area contributed by atoms with E-state index in [9.17, 15) is 14.0 Å². The van der Waals surface area contributed by atoms with Crippen molar-refractivity contribution in [2.24, 2.45) is 0 Å². The summed E-state index contributed by atoms with van der Waals surface area (Å²) in [4.78, 5) is 23.3. The van der Waals surface area contributed by atoms with Crippen LogP contribution in [0.5, 0.6) is 0 Å². The molecule has 0 aromatic heterocycles. The van der Waals surface area contributed by atoms with E-state index in [4.69, 9.17) is 4.74 Å². The van der Waals surface area contributed by atoms with Gasteiger partial charge in [0.2, 0.25) is 0 Å². The molecule has 21 heavy (non-hydrogen) atoms. The standard InChI is InChI=1S/C15H11BrFNO3/c16-11-5-3-4-10(8-11)15(20)21-9-14(19)18-13-7-2-1-6-12(13)17/h1-8H,9H2,(H,18,19). The van der Waals surface area contributed by atoms with Crippen LogP contribution in [0.15, 0.2) is 53.0 Å². The number of esters is 1. The quantitative estimate of drug-likeness (QED) is 0.859. The van der Waals surface area contributed by atoms with E-state index in [1.807, 2.05) is 0 Å². The van der Waals surface area contributed by atoms with Crippen molar-refractivity contribution in [3.8, 4) is 0 Å². The maximum atomic E-state index is 13.3. The summed E-state index contributed by atoms with van der Waals surface area (Å²) in [6.45, 7) is -0.486. The third-order valence-electron chi connectivity index (χ3n) is 2.54. The summed E-state index contributed by atoms with van der Waals surface area (Å²) < 4.78 is 18.9. The van der Waals surface area contributed by atoms with Gasteiger partial charge < -0.3 is 10.1 Å². The summed E-state index contributed by atoms with van der Waals surface area (Å²) >= 11 is 3.23. The zero-order chi connectivity index (χ0) is 15.2. The molecule has 0 heterocycles. The van der Waals surface area contributed by atoms with Crippen LogP contribution in [0, 0.1) is 5.82 Å². The summed E-state index contributed by atoms with van der Waals surface area (Å²) in [5, 5.41) is 2.33. The molecule has 0 aliphatic carbocycles. The van der Waals surface area contributed by atoms with Gasteiger partial charge in [0.1, 0.15) is 5.82 Å². The van der Waals surface area contributed by atoms with Gasteiger partial charge in [0.05, 0.1) is 11.3 Å². The first-order valence-electron chi connectivity index (χ1n) is 6.03. The van der Waals surface area contributed by atoms with Crippen molar-refractivity contribution in [2.75, 3.05) is 11.9 Å². The number of hydrogen-bond donors (Lipinski definition) is 1. The lowest BCUT2D eigenvalue weighted by Gasteiger charge is -2.07. The van der Waals surface area contributed by atoms with Crippen LogP contribution in [0.3, 0.4) is 0 Å². The molecule has 0 saturated carbocycles. The van der Waals surface area contributed by atoms with E-state index in [2.05, 4.69) is 21.2 Å². The summed E-state index contributed by atoms with van der Waals surface area (Å²) in [6, 6.07) is 12.3. The van der Waals surface area contributed by atoms with Crippen LogP contribution in [0.4, 0.5) is 10.1 Å². The molecule has 1 amide bonds. The number of carbonyl (C=O) groups is 2. The molecule has 0 atom stereocenters. The van der Waals surface area contributed by atoms with Crippen LogP contribution >= 0.6 is 15.9 Å². The minimum atomic E-state index is -0.625. The average Bonchev–Trinajstić information content (AvgIpc) is 2.47. The van der Waals surface area contributed by atoms with Gasteiger partial charge in [0.15, 0.2) is 6.61 Å². The highest BCUT2D eigenvalue weighted by Crippen LogP contribution is 2.13. The molecule has 0 saturated heterocycles. The first kappa shape index (κ1) is 15.2. The smallest absolute Gasteiger partial charge is 0.338 e. The Hall–Kier alpha value is -2.21. The predicted octanol–water partition coefficient (Wildman–Crippen LogP) is 3.38. The van der Waals surface area contributed by atoms with Crippen LogP contribution in [0.2, 0.25) is 0 Å². The Bertz CT molecular complexity index is 675. The molecule has 0 aliphatic rings. The fourth-order valence-corrected chi connectivity index (χ4v) is 1.98. The topological polar surface area (TPSA) is 55.4 Å². The Morgan fingerprint density at radius 2 is 1.90 bits per heavy atom. The van der Waals surface area contributed by atoms with E-state index >= 15 is 0 Å². The third-order valence-corrected chi connectivity index (χ3v) is 3.04. The van der Waals surface area contributed by atoms with Gasteiger partial charge in [-0.15, -0.1) is 0 Å². The molecule has 2 aromatic carbocycles. The second-order valence-corrected chi connectivity index (χ2v) is 5.03. The number of halogens is 2. The molecule has 4 nitrogen and oxygen atoms in total. The van der Waals surface area contributed by atoms with Crippen molar-refractivity contribution in [1.29, 1.82) is 0 Å². The van der Waals surface area contributed by atoms with Crippen molar-refractivity contribution >= 4 is 33.5 Å². The highest BCUT2D eigenvalue weighted by Gasteiger charge is 2.11. The molecule has 0 radical (unpaired) electrons. The number of rotatable bonds is 4. The maximum absolute atomic E-state index is 13.3. The van der Waals surface area contributed by atoms with Crippen LogP contribution in [0.25, 0.3) is 0 Å². The van der Waals surface area contributed by atoms with Gasteiger partial charge in [-0.1, -0.05) is 34.1 Å². The Morgan fingerprint density at radius 3 is 2.62 bits per heavy atom. The molecule has 2 rings (SSSR count). The molecule has 0 bridgehead atoms. The Balaban J connectivity index is 1.90. The van der Waals surface area contributed by atoms with Crippen molar-refractivity contribution in [1.82, 2.24) is 0 Å². The first-order chi connectivity index (χ1) is 10.1. The monoisotopic (exact) mass is 351 g/mol. The van der Waals surface area contributed by atoms with E-state index in [-0.39, 0.29) is 5.69 Å². The minimum Gasteiger partial charge on any atom is -0.452 e. The molecule has 6 heteroatoms. The summed E-state index contributed by atoms with van der Waals surface area (Å²) in [7, 11) is 0. The fraction of sp³-hybridized carbons (Fsp3) is 0.0667. The second-order valence-electron chi connectivity index (χ2n) is 4.11. The lowest BCUT2D eigenvalue weighted by molar-refractivity contribution is -0.119. The lowest BCUT2D eigenvalue weighted by Crippen LogP contribution is -2.21. The number of carbonyl (C=O) groups excluding carboxylic acids is 2. The molecule has 0 unspecified atom stereocenters. The highest BCUT2D eigenvalue weighted by molar-refractivity contribution is 9.10. The zero-order valence-corrected chi connectivity index (χ0v) is 12.4. The van der Waals surface area contributed by atoms with Gasteiger partial charge >= 0.3 is 5.97 Å². The molecular formula is C15H11BrFNO3. The van der Waals surface area contributed by atoms with Crippen molar-refractivity contribution < 1.29 is 18.7 Å². The maximum Gasteiger partial charge on any atom is 0.338 e. The first-order valence-corrected chi connectivity index (χ1v) is 6.82. The van der Waals surface area contributed by atoms with Crippen LogP contribution in [-0.2, 0) is 9.53 Å². The molecule has 0 aliphatic heterocycles. The molecule has 108 valence electrons. The van der Waals surface area contributed by atoms with E-state index in [1.165, 1.54) is 18.2 Å². The Morgan fingerprint density at radius 1 is 1.14 bits per heavy atom. The predicted molar refractivity (Wildman–Crippen MR) is 79.5 cm³/mol. The SMILES string of the molecule is O=C(COC(=O)c1cccc(Br)c1)Nc1ccccc1F. The molecule has 2 aromatic rings. The molecule has 0 fully saturated rings. The third kappa shape index (κ3) is 4.39. The van der Waals surface area contributed by atoms with Crippen LogP contribution in [0.1, 0.15) is 10.4 Å². The summed E-state index contributed by atoms with van der Waals surface area (Å²) in [5.41, 5.74) is 0.365. The molecule has 1 N–H and O–H groups in total. The number of para-hydroxylation sites is 1. The molecular weight excluding hydrogens is 341 g/mol. The van der Waals surface area contributed by atoms with Gasteiger partial charge in [-0.05, 0) is 30.3 Å². The van der Waals surface area contributed by atoms with Gasteiger partial charge in [0.25, 0.3) is 5.91 Å². The number of amides is 1. The van der Waals surface area contributed by atoms with Crippen molar-refractivity contribution in [2.45, 2.75) is 0 Å². The highest BCUT2D eigenvalue weighted by atomic mass is 79.9. The number of ether oxygens (including phenoxy) is 1. The van der Waals surface area contributed by atoms with Crippen molar-refractivity contribution in [3.63, 3.8) is 0 Å². The Labute approximate surface area is 129 Å². The number of nitrogens with one attached hydrogen (secondary N) is 1. The second kappa shape index (κ2) is 6.99. The van der Waals surface area contributed by atoms with Gasteiger partial charge in [-0.25, -0.2) is 9.18 Å². The average molecular weight is 352 g/mol. The van der Waals surface area contributed by atoms with E-state index in [1.54, 1.807) is 30.3 Å². The van der Waals surface area contributed by atoms with Crippen LogP contribution < -0.4 is 5.32 Å². The number of hydrogen-bond acceptors (Lipinski definition) is 3. The summed E-state index contributed by atoms with van der Waals surface area (Å²) in [5.74, 6) is -1.78. The zero-order valence-electron chi connectivity index (χ0n) is 10.8. The van der Waals surface area contributed by atoms with Crippen LogP contribution in [-0.4, -0.2) is 18.5 Å². The number of benzene rings is 2. The van der Waals surface area contributed by atoms with Gasteiger partial charge in [-0.3, -0.25) is 4.79 Å². The van der Waals surface area contributed by atoms with Gasteiger partial charge in [0, 0.05) is 4.47 Å². The Kier molecular flexibility index (Phi) is 5.05. The minimum absolute atomic E-state index is 0.0426. The fourth-order valence-electron chi connectivity index (χ4n) is 1.58. The van der Waals surface area contributed by atoms with E-state index < -0.39 is 24.3 Å². The number of anilines is 1.